The van der Waals surface area contributed by atoms with Gasteiger partial charge in [-0.15, -0.1) is 0 Å². The van der Waals surface area contributed by atoms with Crippen LogP contribution in [0.25, 0.3) is 0 Å². The largest absolute Gasteiger partial charge is 0.395 e. The molecule has 0 aliphatic carbocycles. The van der Waals surface area contributed by atoms with Gasteiger partial charge in [0.1, 0.15) is 4.90 Å². The second-order valence-corrected chi connectivity index (χ2v) is 5.94. The van der Waals surface area contributed by atoms with Gasteiger partial charge in [0.15, 0.2) is 5.82 Å². The second kappa shape index (κ2) is 4.84. The minimum Gasteiger partial charge on any atom is -0.395 e. The van der Waals surface area contributed by atoms with Crippen LogP contribution >= 0.6 is 0 Å². The van der Waals surface area contributed by atoms with Gasteiger partial charge >= 0.3 is 0 Å². The van der Waals surface area contributed by atoms with Crippen molar-refractivity contribution in [3.05, 3.63) is 6.20 Å². The summed E-state index contributed by atoms with van der Waals surface area (Å²) in [5, 5.41) is 13.0. The van der Waals surface area contributed by atoms with Crippen molar-refractivity contribution in [3.63, 3.8) is 0 Å². The van der Waals surface area contributed by atoms with Gasteiger partial charge in [-0.05, 0) is 0 Å². The third-order valence-electron chi connectivity index (χ3n) is 2.79. The maximum absolute atomic E-state index is 12.4. The minimum absolute atomic E-state index is 0.0367. The Balaban J connectivity index is 2.38. The zero-order valence-corrected chi connectivity index (χ0v) is 10.8. The van der Waals surface area contributed by atoms with Gasteiger partial charge in [-0.1, -0.05) is 0 Å². The van der Waals surface area contributed by atoms with Crippen LogP contribution in [0.4, 0.5) is 5.82 Å². The summed E-state index contributed by atoms with van der Waals surface area (Å²) >= 11 is 0. The van der Waals surface area contributed by atoms with E-state index < -0.39 is 16.1 Å². The summed E-state index contributed by atoms with van der Waals surface area (Å²) in [5.41, 5.74) is 5.59. The predicted octanol–water partition coefficient (Wildman–Crippen LogP) is -1.62. The maximum Gasteiger partial charge on any atom is 0.248 e. The Labute approximate surface area is 105 Å². The van der Waals surface area contributed by atoms with Crippen molar-refractivity contribution in [1.82, 2.24) is 14.1 Å². The molecular weight excluding hydrogens is 260 g/mol. The van der Waals surface area contributed by atoms with Crippen LogP contribution in [0.2, 0.25) is 0 Å². The van der Waals surface area contributed by atoms with Crippen molar-refractivity contribution in [3.8, 4) is 0 Å². The minimum atomic E-state index is -3.75. The Bertz CT molecular complexity index is 527. The van der Waals surface area contributed by atoms with Gasteiger partial charge < -0.3 is 15.6 Å². The number of nitrogens with zero attached hydrogens (tertiary/aromatic N) is 3. The molecule has 1 atom stereocenters. The van der Waals surface area contributed by atoms with Crippen LogP contribution in [0, 0.1) is 0 Å². The molecule has 1 fully saturated rings. The lowest BCUT2D eigenvalue weighted by molar-refractivity contribution is 0.0109. The zero-order valence-electron chi connectivity index (χ0n) is 9.98. The molecule has 1 aliphatic rings. The average Bonchev–Trinajstić information content (AvgIpc) is 2.69. The first-order valence-corrected chi connectivity index (χ1v) is 6.90. The van der Waals surface area contributed by atoms with E-state index in [1.165, 1.54) is 15.2 Å². The number of aryl methyl sites for hydroxylation is 1. The number of nitrogen functional groups attached to an aromatic ring is 1. The normalized spacial score (nSPS) is 22.2. The number of sulfonamides is 1. The molecule has 2 heterocycles. The number of aliphatic hydroxyl groups excluding tert-OH is 1. The van der Waals surface area contributed by atoms with E-state index in [9.17, 15) is 13.5 Å². The van der Waals surface area contributed by atoms with Gasteiger partial charge in [-0.2, -0.15) is 9.40 Å². The fraction of sp³-hybridized carbons (Fsp3) is 0.667. The van der Waals surface area contributed by atoms with E-state index in [4.69, 9.17) is 10.5 Å². The molecular formula is C9H16N4O4S. The van der Waals surface area contributed by atoms with Gasteiger partial charge in [0.2, 0.25) is 10.0 Å². The number of hydrogen-bond donors (Lipinski definition) is 2. The molecule has 0 bridgehead atoms. The molecule has 1 aromatic rings. The van der Waals surface area contributed by atoms with Crippen LogP contribution in [0.1, 0.15) is 0 Å². The predicted molar refractivity (Wildman–Crippen MR) is 63.2 cm³/mol. The lowest BCUT2D eigenvalue weighted by Gasteiger charge is -2.33. The Hall–Kier alpha value is -1.16. The molecule has 0 amide bonds. The SMILES string of the molecule is Cn1cc(S(=O)(=O)N2CCOCC2CO)c(N)n1. The van der Waals surface area contributed by atoms with Gasteiger partial charge in [0, 0.05) is 19.8 Å². The monoisotopic (exact) mass is 276 g/mol. The molecule has 9 heteroatoms. The van der Waals surface area contributed by atoms with Crippen molar-refractivity contribution in [2.45, 2.75) is 10.9 Å². The Kier molecular flexibility index (Phi) is 3.57. The number of morpholine rings is 1. The molecule has 2 rings (SSSR count). The van der Waals surface area contributed by atoms with E-state index >= 15 is 0 Å². The molecule has 1 saturated heterocycles. The highest BCUT2D eigenvalue weighted by Crippen LogP contribution is 2.24. The quantitative estimate of drug-likeness (QED) is 0.687. The van der Waals surface area contributed by atoms with E-state index in [0.29, 0.717) is 6.61 Å². The second-order valence-electron chi connectivity index (χ2n) is 4.08. The highest BCUT2D eigenvalue weighted by atomic mass is 32.2. The number of aromatic nitrogens is 2. The topological polar surface area (TPSA) is 111 Å². The van der Waals surface area contributed by atoms with E-state index in [1.807, 2.05) is 0 Å². The van der Waals surface area contributed by atoms with Crippen molar-refractivity contribution in [2.75, 3.05) is 32.1 Å². The summed E-state index contributed by atoms with van der Waals surface area (Å²) in [7, 11) is -2.15. The van der Waals surface area contributed by atoms with Gasteiger partial charge in [0.05, 0.1) is 25.9 Å². The van der Waals surface area contributed by atoms with E-state index in [0.717, 1.165) is 0 Å². The van der Waals surface area contributed by atoms with E-state index in [-0.39, 0.29) is 30.5 Å². The molecule has 0 saturated carbocycles. The van der Waals surface area contributed by atoms with Gasteiger partial charge in [-0.25, -0.2) is 8.42 Å². The molecule has 102 valence electrons. The first-order chi connectivity index (χ1) is 8.46. The van der Waals surface area contributed by atoms with Crippen molar-refractivity contribution < 1.29 is 18.3 Å². The summed E-state index contributed by atoms with van der Waals surface area (Å²) < 4.78 is 32.5. The van der Waals surface area contributed by atoms with Crippen molar-refractivity contribution in [1.29, 1.82) is 0 Å². The molecule has 1 aliphatic heterocycles. The van der Waals surface area contributed by atoms with Crippen LogP contribution in [-0.4, -0.2) is 60.0 Å². The lowest BCUT2D eigenvalue weighted by atomic mass is 10.3. The third-order valence-corrected chi connectivity index (χ3v) is 4.76. The molecule has 1 unspecified atom stereocenters. The maximum atomic E-state index is 12.4. The number of hydrogen-bond acceptors (Lipinski definition) is 6. The first kappa shape index (κ1) is 13.3. The summed E-state index contributed by atoms with van der Waals surface area (Å²) in [6.07, 6.45) is 1.36. The Morgan fingerprint density at radius 1 is 1.67 bits per heavy atom. The van der Waals surface area contributed by atoms with E-state index in [1.54, 1.807) is 7.05 Å². The summed E-state index contributed by atoms with van der Waals surface area (Å²) in [4.78, 5) is -0.0367. The smallest absolute Gasteiger partial charge is 0.248 e. The highest BCUT2D eigenvalue weighted by molar-refractivity contribution is 7.89. The number of aliphatic hydroxyl groups is 1. The molecule has 0 spiro atoms. The molecule has 0 radical (unpaired) electrons. The Morgan fingerprint density at radius 3 is 2.94 bits per heavy atom. The highest BCUT2D eigenvalue weighted by Gasteiger charge is 2.35. The number of ether oxygens (including phenoxy) is 1. The fourth-order valence-corrected chi connectivity index (χ4v) is 3.59. The van der Waals surface area contributed by atoms with Gasteiger partial charge in [-0.3, -0.25) is 4.68 Å². The summed E-state index contributed by atoms with van der Waals surface area (Å²) in [6.45, 7) is 0.382. The van der Waals surface area contributed by atoms with Crippen molar-refractivity contribution >= 4 is 15.8 Å². The molecule has 0 aromatic carbocycles. The number of nitrogens with two attached hydrogens (primary N) is 1. The standard InChI is InChI=1S/C9H16N4O4S/c1-12-4-8(9(10)11-12)18(15,16)13-2-3-17-6-7(13)5-14/h4,7,14H,2-3,5-6H2,1H3,(H2,10,11). The van der Waals surface area contributed by atoms with Crippen molar-refractivity contribution in [2.24, 2.45) is 7.05 Å². The van der Waals surface area contributed by atoms with Crippen LogP contribution in [0.5, 0.6) is 0 Å². The van der Waals surface area contributed by atoms with E-state index in [2.05, 4.69) is 5.10 Å². The van der Waals surface area contributed by atoms with Crippen LogP contribution < -0.4 is 5.73 Å². The van der Waals surface area contributed by atoms with Gasteiger partial charge in [0.25, 0.3) is 0 Å². The van der Waals surface area contributed by atoms with Crippen LogP contribution in [-0.2, 0) is 21.8 Å². The first-order valence-electron chi connectivity index (χ1n) is 5.46. The molecule has 1 aromatic heterocycles. The zero-order chi connectivity index (χ0) is 13.3. The van der Waals surface area contributed by atoms with Crippen LogP contribution in [0.3, 0.4) is 0 Å². The summed E-state index contributed by atoms with van der Waals surface area (Å²) in [6, 6.07) is -0.580. The fourth-order valence-electron chi connectivity index (χ4n) is 1.91. The Morgan fingerprint density at radius 2 is 2.39 bits per heavy atom. The molecule has 3 N–H and O–H groups in total. The van der Waals surface area contributed by atoms with Crippen LogP contribution in [0.15, 0.2) is 11.1 Å². The summed E-state index contributed by atoms with van der Waals surface area (Å²) in [5.74, 6) is -0.0410. The average molecular weight is 276 g/mol. The lowest BCUT2D eigenvalue weighted by Crippen LogP contribution is -2.50. The number of anilines is 1. The number of rotatable bonds is 3. The molecule has 8 nitrogen and oxygen atoms in total. The molecule has 18 heavy (non-hydrogen) atoms. The third kappa shape index (κ3) is 2.21.